The van der Waals surface area contributed by atoms with E-state index in [2.05, 4.69) is 0 Å². The Balaban J connectivity index is 2.08. The van der Waals surface area contributed by atoms with Gasteiger partial charge in [0.15, 0.2) is 5.76 Å². The van der Waals surface area contributed by atoms with Crippen molar-refractivity contribution in [2.45, 2.75) is 26.1 Å². The number of methoxy groups -OCH3 is 1. The van der Waals surface area contributed by atoms with E-state index in [0.29, 0.717) is 25.5 Å². The van der Waals surface area contributed by atoms with Crippen LogP contribution in [0.3, 0.4) is 0 Å². The lowest BCUT2D eigenvalue weighted by Crippen LogP contribution is -2.50. The average molecular weight is 253 g/mol. The predicted octanol–water partition coefficient (Wildman–Crippen LogP) is 1.46. The first-order chi connectivity index (χ1) is 8.61. The fourth-order valence-corrected chi connectivity index (χ4v) is 2.22. The van der Waals surface area contributed by atoms with E-state index in [1.807, 2.05) is 13.8 Å². The molecule has 1 aromatic heterocycles. The van der Waals surface area contributed by atoms with E-state index in [-0.39, 0.29) is 18.1 Å². The number of hydrogen-bond acceptors (Lipinski definition) is 4. The Kier molecular flexibility index (Phi) is 4.04. The second kappa shape index (κ2) is 5.54. The van der Waals surface area contributed by atoms with Crippen LogP contribution in [0.15, 0.2) is 16.7 Å². The lowest BCUT2D eigenvalue weighted by Gasteiger charge is -2.36. The summed E-state index contributed by atoms with van der Waals surface area (Å²) in [6, 6.07) is 1.80. The molecule has 1 saturated heterocycles. The number of rotatable bonds is 3. The Morgan fingerprint density at radius 2 is 2.33 bits per heavy atom. The molecule has 0 aliphatic carbocycles. The quantitative estimate of drug-likeness (QED) is 0.818. The van der Waals surface area contributed by atoms with Gasteiger partial charge >= 0.3 is 0 Å². The first kappa shape index (κ1) is 13.1. The summed E-state index contributed by atoms with van der Waals surface area (Å²) in [4.78, 5) is 14.1. The fraction of sp³-hybridized carbons (Fsp3) is 0.615. The third-order valence-electron chi connectivity index (χ3n) is 3.02. The van der Waals surface area contributed by atoms with Gasteiger partial charge < -0.3 is 18.8 Å². The molecule has 1 fully saturated rings. The Morgan fingerprint density at radius 1 is 1.56 bits per heavy atom. The van der Waals surface area contributed by atoms with Gasteiger partial charge in [-0.15, -0.1) is 0 Å². The normalized spacial score (nSPS) is 24.3. The van der Waals surface area contributed by atoms with Crippen LogP contribution in [-0.4, -0.2) is 49.8 Å². The largest absolute Gasteiger partial charge is 0.459 e. The molecule has 5 nitrogen and oxygen atoms in total. The van der Waals surface area contributed by atoms with Crippen LogP contribution in [0.4, 0.5) is 0 Å². The van der Waals surface area contributed by atoms with E-state index in [0.717, 1.165) is 5.56 Å². The van der Waals surface area contributed by atoms with Gasteiger partial charge in [-0.25, -0.2) is 0 Å². The Labute approximate surface area is 107 Å². The monoisotopic (exact) mass is 253 g/mol. The zero-order chi connectivity index (χ0) is 13.1. The van der Waals surface area contributed by atoms with Crippen molar-refractivity contribution in [2.24, 2.45) is 0 Å². The van der Waals surface area contributed by atoms with Gasteiger partial charge in [0, 0.05) is 25.8 Å². The summed E-state index contributed by atoms with van der Waals surface area (Å²) < 4.78 is 16.0. The maximum absolute atomic E-state index is 12.3. The second-order valence-electron chi connectivity index (χ2n) is 4.67. The third-order valence-corrected chi connectivity index (χ3v) is 3.02. The highest BCUT2D eigenvalue weighted by Crippen LogP contribution is 2.17. The molecule has 1 amide bonds. The van der Waals surface area contributed by atoms with Crippen LogP contribution in [0.25, 0.3) is 0 Å². The zero-order valence-corrected chi connectivity index (χ0v) is 11.0. The van der Waals surface area contributed by atoms with Gasteiger partial charge in [-0.1, -0.05) is 0 Å². The van der Waals surface area contributed by atoms with E-state index in [4.69, 9.17) is 13.9 Å². The molecule has 0 unspecified atom stereocenters. The van der Waals surface area contributed by atoms with E-state index in [1.165, 1.54) is 0 Å². The predicted molar refractivity (Wildman–Crippen MR) is 65.6 cm³/mol. The molecule has 2 heterocycles. The van der Waals surface area contributed by atoms with Gasteiger partial charge in [-0.3, -0.25) is 4.79 Å². The molecule has 0 N–H and O–H groups in total. The van der Waals surface area contributed by atoms with Crippen LogP contribution in [0.1, 0.15) is 23.0 Å². The molecule has 0 spiro atoms. The second-order valence-corrected chi connectivity index (χ2v) is 4.67. The lowest BCUT2D eigenvalue weighted by atomic mass is 10.2. The summed E-state index contributed by atoms with van der Waals surface area (Å²) in [7, 11) is 1.63. The molecule has 2 rings (SSSR count). The maximum Gasteiger partial charge on any atom is 0.290 e. The molecule has 2 atom stereocenters. The molecule has 1 aromatic rings. The number of hydrogen-bond donors (Lipinski definition) is 0. The zero-order valence-electron chi connectivity index (χ0n) is 11.0. The van der Waals surface area contributed by atoms with Crippen LogP contribution in [0.2, 0.25) is 0 Å². The van der Waals surface area contributed by atoms with E-state index >= 15 is 0 Å². The van der Waals surface area contributed by atoms with Gasteiger partial charge in [-0.2, -0.15) is 0 Å². The first-order valence-electron chi connectivity index (χ1n) is 6.09. The van der Waals surface area contributed by atoms with Crippen molar-refractivity contribution in [1.82, 2.24) is 4.90 Å². The van der Waals surface area contributed by atoms with Crippen LogP contribution < -0.4 is 0 Å². The molecule has 1 aliphatic heterocycles. The van der Waals surface area contributed by atoms with Gasteiger partial charge in [0.25, 0.3) is 5.91 Å². The summed E-state index contributed by atoms with van der Waals surface area (Å²) in [6.45, 7) is 5.44. The number of ether oxygens (including phenoxy) is 2. The number of furan rings is 1. The minimum atomic E-state index is -0.0752. The molecule has 100 valence electrons. The summed E-state index contributed by atoms with van der Waals surface area (Å²) in [5, 5.41) is 0. The molecule has 1 aliphatic rings. The van der Waals surface area contributed by atoms with E-state index in [1.54, 1.807) is 24.3 Å². The van der Waals surface area contributed by atoms with Gasteiger partial charge in [-0.05, 0) is 19.9 Å². The SMILES string of the molecule is COC[C@@H]1CN(C(=O)c2occc2C)C[C@H](C)O1. The highest BCUT2D eigenvalue weighted by atomic mass is 16.5. The maximum atomic E-state index is 12.3. The fourth-order valence-electron chi connectivity index (χ4n) is 2.22. The Morgan fingerprint density at radius 3 is 2.94 bits per heavy atom. The van der Waals surface area contributed by atoms with Crippen LogP contribution in [0.5, 0.6) is 0 Å². The molecule has 0 saturated carbocycles. The van der Waals surface area contributed by atoms with Crippen LogP contribution >= 0.6 is 0 Å². The minimum Gasteiger partial charge on any atom is -0.459 e. The highest BCUT2D eigenvalue weighted by molar-refractivity contribution is 5.92. The van der Waals surface area contributed by atoms with Crippen molar-refractivity contribution < 1.29 is 18.7 Å². The van der Waals surface area contributed by atoms with Gasteiger partial charge in [0.1, 0.15) is 0 Å². The number of morpholine rings is 1. The summed E-state index contributed by atoms with van der Waals surface area (Å²) in [5.41, 5.74) is 0.863. The molecule has 0 bridgehead atoms. The first-order valence-corrected chi connectivity index (χ1v) is 6.09. The van der Waals surface area contributed by atoms with Gasteiger partial charge in [0.05, 0.1) is 25.1 Å². The standard InChI is InChI=1S/C13H19NO4/c1-9-4-5-17-12(9)13(15)14-6-10(2)18-11(7-14)8-16-3/h4-5,10-11H,6-8H2,1-3H3/t10-,11-/m0/s1. The van der Waals surface area contributed by atoms with Crippen molar-refractivity contribution in [2.75, 3.05) is 26.8 Å². The van der Waals surface area contributed by atoms with Crippen molar-refractivity contribution in [3.8, 4) is 0 Å². The van der Waals surface area contributed by atoms with Crippen molar-refractivity contribution in [1.29, 1.82) is 0 Å². The van der Waals surface area contributed by atoms with E-state index in [9.17, 15) is 4.79 Å². The van der Waals surface area contributed by atoms with Gasteiger partial charge in [0.2, 0.25) is 0 Å². The highest BCUT2D eigenvalue weighted by Gasteiger charge is 2.30. The Hall–Kier alpha value is -1.33. The molecule has 0 aromatic carbocycles. The summed E-state index contributed by atoms with van der Waals surface area (Å²) in [6.07, 6.45) is 1.48. The van der Waals surface area contributed by atoms with Crippen molar-refractivity contribution in [3.05, 3.63) is 23.7 Å². The van der Waals surface area contributed by atoms with Crippen molar-refractivity contribution in [3.63, 3.8) is 0 Å². The summed E-state index contributed by atoms with van der Waals surface area (Å²) in [5.74, 6) is 0.342. The molecule has 5 heteroatoms. The summed E-state index contributed by atoms with van der Waals surface area (Å²) >= 11 is 0. The topological polar surface area (TPSA) is 51.9 Å². The van der Waals surface area contributed by atoms with Crippen LogP contribution in [-0.2, 0) is 9.47 Å². The van der Waals surface area contributed by atoms with Crippen molar-refractivity contribution >= 4 is 5.91 Å². The number of amides is 1. The number of nitrogens with zero attached hydrogens (tertiary/aromatic N) is 1. The van der Waals surface area contributed by atoms with Crippen LogP contribution in [0, 0.1) is 6.92 Å². The smallest absolute Gasteiger partial charge is 0.290 e. The number of aryl methyl sites for hydroxylation is 1. The molecular weight excluding hydrogens is 234 g/mol. The number of carbonyl (C=O) groups excluding carboxylic acids is 1. The lowest BCUT2D eigenvalue weighted by molar-refractivity contribution is -0.0922. The third kappa shape index (κ3) is 2.73. The molecular formula is C13H19NO4. The minimum absolute atomic E-state index is 0.0121. The molecule has 18 heavy (non-hydrogen) atoms. The van der Waals surface area contributed by atoms with E-state index < -0.39 is 0 Å². The molecule has 0 radical (unpaired) electrons. The Bertz CT molecular complexity index is 415. The average Bonchev–Trinajstić information content (AvgIpc) is 2.74. The number of carbonyl (C=O) groups is 1.